The molecule has 2 aliphatic carbocycles. The molecule has 0 aromatic heterocycles. The Morgan fingerprint density at radius 3 is 2.53 bits per heavy atom. The van der Waals surface area contributed by atoms with Crippen molar-refractivity contribution in [3.63, 3.8) is 0 Å². The standard InChI is InChI=1S/C15H24O4/c1-7-5-9(16)12-11-8(7)6-10(17)15(4,18)13(11)19-14(12,2)3/h5,8-13,16-18H,6H2,1-4H3/t8-,9+,10+,11-,12-,13+,15-/m0/s1. The van der Waals surface area contributed by atoms with Gasteiger partial charge in [-0.25, -0.2) is 0 Å². The molecule has 2 fully saturated rings. The van der Waals surface area contributed by atoms with Crippen LogP contribution in [-0.4, -0.2) is 44.8 Å². The third kappa shape index (κ3) is 1.67. The third-order valence-corrected chi connectivity index (χ3v) is 5.58. The predicted molar refractivity (Wildman–Crippen MR) is 70.4 cm³/mol. The molecule has 108 valence electrons. The molecule has 19 heavy (non-hydrogen) atoms. The molecule has 1 saturated carbocycles. The first-order valence-corrected chi connectivity index (χ1v) is 7.11. The molecule has 4 nitrogen and oxygen atoms in total. The van der Waals surface area contributed by atoms with Crippen molar-refractivity contribution >= 4 is 0 Å². The highest BCUT2D eigenvalue weighted by Crippen LogP contribution is 2.57. The summed E-state index contributed by atoms with van der Waals surface area (Å²) in [5, 5.41) is 31.2. The minimum atomic E-state index is -1.25. The van der Waals surface area contributed by atoms with Gasteiger partial charge in [0.1, 0.15) is 5.60 Å². The second kappa shape index (κ2) is 3.82. The van der Waals surface area contributed by atoms with Crippen molar-refractivity contribution in [2.24, 2.45) is 17.8 Å². The van der Waals surface area contributed by atoms with Crippen molar-refractivity contribution in [3.8, 4) is 0 Å². The largest absolute Gasteiger partial charge is 0.390 e. The zero-order chi connectivity index (χ0) is 14.2. The highest BCUT2D eigenvalue weighted by atomic mass is 16.5. The van der Waals surface area contributed by atoms with Gasteiger partial charge in [-0.15, -0.1) is 0 Å². The Morgan fingerprint density at radius 2 is 1.89 bits per heavy atom. The zero-order valence-corrected chi connectivity index (χ0v) is 12.0. The summed E-state index contributed by atoms with van der Waals surface area (Å²) < 4.78 is 6.07. The van der Waals surface area contributed by atoms with Crippen LogP contribution in [0.5, 0.6) is 0 Å². The Balaban J connectivity index is 2.10. The van der Waals surface area contributed by atoms with Gasteiger partial charge in [0.05, 0.1) is 23.9 Å². The zero-order valence-electron chi connectivity index (χ0n) is 12.0. The summed E-state index contributed by atoms with van der Waals surface area (Å²) in [4.78, 5) is 0. The van der Waals surface area contributed by atoms with Gasteiger partial charge in [-0.3, -0.25) is 0 Å². The van der Waals surface area contributed by atoms with E-state index in [-0.39, 0.29) is 17.8 Å². The van der Waals surface area contributed by atoms with Gasteiger partial charge < -0.3 is 20.1 Å². The molecule has 0 radical (unpaired) electrons. The monoisotopic (exact) mass is 268 g/mol. The summed E-state index contributed by atoms with van der Waals surface area (Å²) in [5.74, 6) is 0.244. The van der Waals surface area contributed by atoms with Crippen molar-refractivity contribution in [2.75, 3.05) is 0 Å². The average Bonchev–Trinajstić information content (AvgIpc) is 2.55. The second-order valence-corrected chi connectivity index (χ2v) is 7.23. The van der Waals surface area contributed by atoms with Crippen LogP contribution in [0.4, 0.5) is 0 Å². The van der Waals surface area contributed by atoms with Crippen LogP contribution in [0.2, 0.25) is 0 Å². The van der Waals surface area contributed by atoms with Gasteiger partial charge in [0, 0.05) is 11.8 Å². The summed E-state index contributed by atoms with van der Waals surface area (Å²) >= 11 is 0. The molecule has 0 spiro atoms. The minimum Gasteiger partial charge on any atom is -0.390 e. The Labute approximate surface area is 114 Å². The lowest BCUT2D eigenvalue weighted by molar-refractivity contribution is -0.196. The number of hydrogen-bond donors (Lipinski definition) is 3. The first-order chi connectivity index (χ1) is 8.66. The number of aliphatic hydroxyl groups is 3. The lowest BCUT2D eigenvalue weighted by atomic mass is 9.58. The highest BCUT2D eigenvalue weighted by molar-refractivity contribution is 5.25. The van der Waals surface area contributed by atoms with E-state index in [0.717, 1.165) is 5.57 Å². The number of ether oxygens (including phenoxy) is 1. The normalized spacial score (nSPS) is 55.6. The molecule has 1 aliphatic heterocycles. The third-order valence-electron chi connectivity index (χ3n) is 5.58. The van der Waals surface area contributed by atoms with E-state index in [1.165, 1.54) is 0 Å². The van der Waals surface area contributed by atoms with Gasteiger partial charge in [0.25, 0.3) is 0 Å². The van der Waals surface area contributed by atoms with Crippen LogP contribution in [-0.2, 0) is 4.74 Å². The molecule has 0 aromatic carbocycles. The van der Waals surface area contributed by atoms with E-state index in [2.05, 4.69) is 0 Å². The fourth-order valence-corrected chi connectivity index (χ4v) is 4.56. The lowest BCUT2D eigenvalue weighted by Crippen LogP contribution is -2.60. The SMILES string of the molecule is CC1=C[C@@H](O)[C@H]2[C@H]3[C@@H](OC2(C)C)[C@@](C)(O)[C@H](O)C[C@@H]13. The Morgan fingerprint density at radius 1 is 1.26 bits per heavy atom. The molecule has 4 heteroatoms. The number of rotatable bonds is 0. The molecule has 0 unspecified atom stereocenters. The van der Waals surface area contributed by atoms with E-state index >= 15 is 0 Å². The van der Waals surface area contributed by atoms with Gasteiger partial charge in [-0.1, -0.05) is 11.6 Å². The maximum absolute atomic E-state index is 10.6. The first-order valence-electron chi connectivity index (χ1n) is 7.11. The quantitative estimate of drug-likeness (QED) is 0.570. The lowest BCUT2D eigenvalue weighted by Gasteiger charge is -2.49. The summed E-state index contributed by atoms with van der Waals surface area (Å²) in [5.41, 5.74) is -0.627. The summed E-state index contributed by atoms with van der Waals surface area (Å²) in [7, 11) is 0. The molecule has 0 bridgehead atoms. The smallest absolute Gasteiger partial charge is 0.114 e. The predicted octanol–water partition coefficient (Wildman–Crippen LogP) is 0.849. The fraction of sp³-hybridized carbons (Fsp3) is 0.867. The van der Waals surface area contributed by atoms with Gasteiger partial charge in [-0.2, -0.15) is 0 Å². The minimum absolute atomic E-state index is 0.0230. The molecular formula is C15H24O4. The van der Waals surface area contributed by atoms with Crippen molar-refractivity contribution in [2.45, 2.75) is 63.6 Å². The summed E-state index contributed by atoms with van der Waals surface area (Å²) in [6.45, 7) is 7.58. The maximum atomic E-state index is 10.6. The Hall–Kier alpha value is -0.420. The van der Waals surface area contributed by atoms with Crippen LogP contribution in [0.15, 0.2) is 11.6 Å². The van der Waals surface area contributed by atoms with Crippen LogP contribution in [0.3, 0.4) is 0 Å². The number of hydrogen-bond acceptors (Lipinski definition) is 4. The molecule has 7 atom stereocenters. The van der Waals surface area contributed by atoms with Crippen LogP contribution < -0.4 is 0 Å². The van der Waals surface area contributed by atoms with Crippen LogP contribution in [0.1, 0.15) is 34.1 Å². The molecule has 3 rings (SSSR count). The molecule has 0 amide bonds. The average molecular weight is 268 g/mol. The highest BCUT2D eigenvalue weighted by Gasteiger charge is 2.64. The van der Waals surface area contributed by atoms with E-state index < -0.39 is 29.5 Å². The van der Waals surface area contributed by atoms with Crippen molar-refractivity contribution in [1.29, 1.82) is 0 Å². The van der Waals surface area contributed by atoms with Gasteiger partial charge >= 0.3 is 0 Å². The molecule has 0 aromatic rings. The fourth-order valence-electron chi connectivity index (χ4n) is 4.56. The molecule has 1 saturated heterocycles. The number of aliphatic hydroxyl groups excluding tert-OH is 2. The van der Waals surface area contributed by atoms with E-state index in [1.807, 2.05) is 26.8 Å². The van der Waals surface area contributed by atoms with Crippen LogP contribution in [0.25, 0.3) is 0 Å². The van der Waals surface area contributed by atoms with Crippen molar-refractivity contribution < 1.29 is 20.1 Å². The first kappa shape index (κ1) is 13.6. The van der Waals surface area contributed by atoms with Gasteiger partial charge in [0.15, 0.2) is 0 Å². The van der Waals surface area contributed by atoms with E-state index in [4.69, 9.17) is 4.74 Å². The molecule has 3 N–H and O–H groups in total. The summed E-state index contributed by atoms with van der Waals surface area (Å²) in [6, 6.07) is 0. The van der Waals surface area contributed by atoms with Gasteiger partial charge in [-0.05, 0) is 40.0 Å². The molecular weight excluding hydrogens is 244 g/mol. The molecule has 3 aliphatic rings. The van der Waals surface area contributed by atoms with E-state index in [0.29, 0.717) is 6.42 Å². The van der Waals surface area contributed by atoms with Gasteiger partial charge in [0.2, 0.25) is 0 Å². The Bertz CT molecular complexity index is 426. The Kier molecular flexibility index (Phi) is 2.72. The number of allylic oxidation sites excluding steroid dienone is 1. The van der Waals surface area contributed by atoms with Crippen molar-refractivity contribution in [1.82, 2.24) is 0 Å². The molecule has 1 heterocycles. The van der Waals surface area contributed by atoms with Crippen molar-refractivity contribution in [3.05, 3.63) is 11.6 Å². The van der Waals surface area contributed by atoms with E-state index in [1.54, 1.807) is 6.92 Å². The van der Waals surface area contributed by atoms with Crippen LogP contribution >= 0.6 is 0 Å². The summed E-state index contributed by atoms with van der Waals surface area (Å²) in [6.07, 6.45) is 0.698. The van der Waals surface area contributed by atoms with E-state index in [9.17, 15) is 15.3 Å². The topological polar surface area (TPSA) is 69.9 Å². The maximum Gasteiger partial charge on any atom is 0.114 e. The second-order valence-electron chi connectivity index (χ2n) is 7.23. The van der Waals surface area contributed by atoms with Crippen LogP contribution in [0, 0.1) is 17.8 Å².